The summed E-state index contributed by atoms with van der Waals surface area (Å²) in [7, 11) is 0. The lowest BCUT2D eigenvalue weighted by Crippen LogP contribution is -2.20. The first-order valence-corrected chi connectivity index (χ1v) is 17.7. The molecule has 8 aromatic carbocycles. The summed E-state index contributed by atoms with van der Waals surface area (Å²) in [6.07, 6.45) is 7.15. The summed E-state index contributed by atoms with van der Waals surface area (Å²) in [6, 6.07) is 55.9. The molecule has 0 saturated heterocycles. The van der Waals surface area contributed by atoms with Crippen molar-refractivity contribution in [2.45, 2.75) is 13.8 Å². The van der Waals surface area contributed by atoms with Crippen LogP contribution in [0.4, 0.5) is 11.4 Å². The van der Waals surface area contributed by atoms with Crippen molar-refractivity contribution in [1.29, 1.82) is 0 Å². The van der Waals surface area contributed by atoms with Crippen LogP contribution in [0.2, 0.25) is 0 Å². The van der Waals surface area contributed by atoms with Crippen molar-refractivity contribution in [3.05, 3.63) is 176 Å². The molecule has 1 aromatic heterocycles. The van der Waals surface area contributed by atoms with Crippen molar-refractivity contribution in [3.8, 4) is 5.69 Å². The molecule has 2 nitrogen and oxygen atoms in total. The number of anilines is 2. The standard InChI is InChI=1S/C48H36N2/c1-31-22-24-35(28-32(31)2)49(46-21-11-19-44-40-15-6-5-14-38(40)39-16-7-8-18-43(39)48(44)46)37-26-27-42-41-17-9-10-20-45(41)50(47(42)30-37)36-25-23-33-12-3-4-13-34(33)29-36/h3-32H,1-2H3. The van der Waals surface area contributed by atoms with Crippen LogP contribution in [0, 0.1) is 11.8 Å². The molecule has 2 unspecified atom stereocenters. The highest BCUT2D eigenvalue weighted by atomic mass is 15.2. The third kappa shape index (κ3) is 4.35. The fraction of sp³-hybridized carbons (Fsp3) is 0.0833. The molecule has 50 heavy (non-hydrogen) atoms. The third-order valence-corrected chi connectivity index (χ3v) is 11.0. The van der Waals surface area contributed by atoms with Gasteiger partial charge in [0.2, 0.25) is 0 Å². The van der Waals surface area contributed by atoms with Crippen LogP contribution in [0.15, 0.2) is 176 Å². The van der Waals surface area contributed by atoms with Gasteiger partial charge in [0.15, 0.2) is 0 Å². The first-order chi connectivity index (χ1) is 24.6. The van der Waals surface area contributed by atoms with Gasteiger partial charge in [-0.25, -0.2) is 0 Å². The summed E-state index contributed by atoms with van der Waals surface area (Å²) in [5, 5.41) is 12.7. The Bertz CT molecular complexity index is 2820. The van der Waals surface area contributed by atoms with E-state index in [1.54, 1.807) is 0 Å². The number of aromatic nitrogens is 1. The summed E-state index contributed by atoms with van der Waals surface area (Å²) in [5.41, 5.74) is 7.11. The van der Waals surface area contributed by atoms with Crippen molar-refractivity contribution in [1.82, 2.24) is 4.57 Å². The smallest absolute Gasteiger partial charge is 0.0561 e. The van der Waals surface area contributed by atoms with E-state index in [-0.39, 0.29) is 0 Å². The van der Waals surface area contributed by atoms with E-state index in [4.69, 9.17) is 0 Å². The minimum atomic E-state index is 0.415. The molecule has 0 N–H and O–H groups in total. The molecule has 10 rings (SSSR count). The van der Waals surface area contributed by atoms with Crippen LogP contribution in [0.3, 0.4) is 0 Å². The first-order valence-electron chi connectivity index (χ1n) is 17.7. The number of para-hydroxylation sites is 1. The second kappa shape index (κ2) is 11.2. The molecule has 1 aliphatic rings. The zero-order chi connectivity index (χ0) is 33.3. The highest BCUT2D eigenvalue weighted by molar-refractivity contribution is 6.28. The lowest BCUT2D eigenvalue weighted by Gasteiger charge is -2.32. The molecular weight excluding hydrogens is 605 g/mol. The molecular formula is C48H36N2. The largest absolute Gasteiger partial charge is 0.310 e. The summed E-state index contributed by atoms with van der Waals surface area (Å²) < 4.78 is 2.45. The fourth-order valence-corrected chi connectivity index (χ4v) is 8.29. The molecule has 0 radical (unpaired) electrons. The van der Waals surface area contributed by atoms with E-state index in [2.05, 4.69) is 193 Å². The van der Waals surface area contributed by atoms with E-state index in [0.29, 0.717) is 11.8 Å². The number of hydrogen-bond donors (Lipinski definition) is 0. The maximum absolute atomic E-state index is 2.50. The van der Waals surface area contributed by atoms with Gasteiger partial charge in [-0.2, -0.15) is 0 Å². The minimum absolute atomic E-state index is 0.415. The molecule has 0 fully saturated rings. The van der Waals surface area contributed by atoms with E-state index in [9.17, 15) is 0 Å². The summed E-state index contributed by atoms with van der Waals surface area (Å²) >= 11 is 0. The lowest BCUT2D eigenvalue weighted by atomic mass is 9.89. The normalized spacial score (nSPS) is 16.2. The van der Waals surface area contributed by atoms with Gasteiger partial charge < -0.3 is 9.47 Å². The van der Waals surface area contributed by atoms with Gasteiger partial charge in [0.25, 0.3) is 0 Å². The topological polar surface area (TPSA) is 8.17 Å². The van der Waals surface area contributed by atoms with Gasteiger partial charge in [-0.15, -0.1) is 0 Å². The monoisotopic (exact) mass is 640 g/mol. The van der Waals surface area contributed by atoms with Gasteiger partial charge >= 0.3 is 0 Å². The number of hydrogen-bond acceptors (Lipinski definition) is 1. The second-order valence-electron chi connectivity index (χ2n) is 13.9. The van der Waals surface area contributed by atoms with E-state index >= 15 is 0 Å². The average molecular weight is 641 g/mol. The maximum atomic E-state index is 2.50. The predicted octanol–water partition coefficient (Wildman–Crippen LogP) is 13.3. The highest BCUT2D eigenvalue weighted by Gasteiger charge is 2.24. The van der Waals surface area contributed by atoms with Crippen LogP contribution in [-0.2, 0) is 0 Å². The molecule has 0 amide bonds. The van der Waals surface area contributed by atoms with E-state index in [1.807, 2.05) is 0 Å². The summed E-state index contributed by atoms with van der Waals surface area (Å²) in [6.45, 7) is 4.64. The van der Waals surface area contributed by atoms with Gasteiger partial charge in [-0.1, -0.05) is 141 Å². The van der Waals surface area contributed by atoms with Gasteiger partial charge in [0, 0.05) is 33.2 Å². The van der Waals surface area contributed by atoms with Crippen molar-refractivity contribution in [2.24, 2.45) is 11.8 Å². The zero-order valence-electron chi connectivity index (χ0n) is 28.2. The first kappa shape index (κ1) is 28.9. The van der Waals surface area contributed by atoms with Crippen LogP contribution in [0.5, 0.6) is 0 Å². The molecule has 2 atom stereocenters. The van der Waals surface area contributed by atoms with Gasteiger partial charge in [-0.05, 0) is 92.0 Å². The molecule has 2 heteroatoms. The quantitative estimate of drug-likeness (QED) is 0.174. The Morgan fingerprint density at radius 1 is 0.480 bits per heavy atom. The Labute approximate surface area is 291 Å². The van der Waals surface area contributed by atoms with Crippen molar-refractivity contribution in [3.63, 3.8) is 0 Å². The van der Waals surface area contributed by atoms with E-state index < -0.39 is 0 Å². The molecule has 0 aliphatic heterocycles. The highest BCUT2D eigenvalue weighted by Crippen LogP contribution is 2.45. The summed E-state index contributed by atoms with van der Waals surface area (Å²) in [5.74, 6) is 0.897. The Hall–Kier alpha value is -6.12. The molecule has 0 bridgehead atoms. The molecule has 9 aromatic rings. The Kier molecular flexibility index (Phi) is 6.47. The number of fused-ring (bicyclic) bond motifs is 10. The maximum Gasteiger partial charge on any atom is 0.0561 e. The average Bonchev–Trinajstić information content (AvgIpc) is 3.50. The Morgan fingerprint density at radius 2 is 1.10 bits per heavy atom. The van der Waals surface area contributed by atoms with Crippen LogP contribution < -0.4 is 4.90 Å². The minimum Gasteiger partial charge on any atom is -0.310 e. The SMILES string of the molecule is CC1C=CC(N(c2ccc3c4ccccc4n(-c4ccc5ccccc5c4)c3c2)c2cccc3c4ccccc4c4ccccc4c23)=CC1C. The number of allylic oxidation sites excluding steroid dienone is 3. The van der Waals surface area contributed by atoms with Crippen LogP contribution in [0.25, 0.3) is 70.6 Å². The molecule has 1 aliphatic carbocycles. The van der Waals surface area contributed by atoms with Gasteiger partial charge in [0.05, 0.1) is 16.7 Å². The number of nitrogens with zero attached hydrogens (tertiary/aromatic N) is 2. The second-order valence-corrected chi connectivity index (χ2v) is 13.9. The van der Waals surface area contributed by atoms with Gasteiger partial charge in [-0.3, -0.25) is 0 Å². The molecule has 238 valence electrons. The van der Waals surface area contributed by atoms with Crippen molar-refractivity contribution in [2.75, 3.05) is 4.90 Å². The van der Waals surface area contributed by atoms with E-state index in [0.717, 1.165) is 5.69 Å². The van der Waals surface area contributed by atoms with E-state index in [1.165, 1.54) is 82.0 Å². The number of benzene rings is 8. The van der Waals surface area contributed by atoms with Crippen LogP contribution >= 0.6 is 0 Å². The lowest BCUT2D eigenvalue weighted by molar-refractivity contribution is 0.547. The van der Waals surface area contributed by atoms with Gasteiger partial charge in [0.1, 0.15) is 0 Å². The zero-order valence-corrected chi connectivity index (χ0v) is 28.2. The third-order valence-electron chi connectivity index (χ3n) is 11.0. The molecule has 0 spiro atoms. The summed E-state index contributed by atoms with van der Waals surface area (Å²) in [4.78, 5) is 2.50. The molecule has 0 saturated carbocycles. The Balaban J connectivity index is 1.29. The van der Waals surface area contributed by atoms with Crippen molar-refractivity contribution >= 4 is 76.3 Å². The molecule has 1 heterocycles. The Morgan fingerprint density at radius 3 is 1.86 bits per heavy atom. The van der Waals surface area contributed by atoms with Crippen LogP contribution in [0.1, 0.15) is 13.8 Å². The van der Waals surface area contributed by atoms with Crippen LogP contribution in [-0.4, -0.2) is 4.57 Å². The number of rotatable bonds is 4. The van der Waals surface area contributed by atoms with Crippen molar-refractivity contribution < 1.29 is 0 Å². The predicted molar refractivity (Wildman–Crippen MR) is 215 cm³/mol. The fourth-order valence-electron chi connectivity index (χ4n) is 8.29.